The summed E-state index contributed by atoms with van der Waals surface area (Å²) >= 11 is 5.75. The van der Waals surface area contributed by atoms with Gasteiger partial charge in [0.15, 0.2) is 0 Å². The van der Waals surface area contributed by atoms with Gasteiger partial charge in [-0.05, 0) is 37.1 Å². The summed E-state index contributed by atoms with van der Waals surface area (Å²) < 4.78 is 26.2. The molecule has 6 heteroatoms. The second kappa shape index (κ2) is 4.94. The van der Waals surface area contributed by atoms with Crippen LogP contribution in [0.25, 0.3) is 0 Å². The third kappa shape index (κ3) is 2.47. The average Bonchev–Trinajstić information content (AvgIpc) is 2.78. The maximum Gasteiger partial charge on any atom is 0.243 e. The summed E-state index contributed by atoms with van der Waals surface area (Å²) in [6.07, 6.45) is 1.71. The van der Waals surface area contributed by atoms with Crippen molar-refractivity contribution in [1.29, 1.82) is 0 Å². The van der Waals surface area contributed by atoms with Gasteiger partial charge in [-0.2, -0.15) is 4.31 Å². The minimum absolute atomic E-state index is 0.0734. The molecule has 17 heavy (non-hydrogen) atoms. The molecule has 0 aromatic heterocycles. The summed E-state index contributed by atoms with van der Waals surface area (Å²) in [6.45, 7) is 0.916. The maximum atomic E-state index is 12.3. The molecule has 1 aliphatic rings. The van der Waals surface area contributed by atoms with Crippen LogP contribution < -0.4 is 5.73 Å². The Morgan fingerprint density at radius 1 is 1.35 bits per heavy atom. The van der Waals surface area contributed by atoms with Crippen molar-refractivity contribution in [3.05, 3.63) is 29.3 Å². The number of hydrogen-bond acceptors (Lipinski definition) is 3. The Morgan fingerprint density at radius 3 is 2.59 bits per heavy atom. The molecule has 0 saturated carbocycles. The van der Waals surface area contributed by atoms with Crippen molar-refractivity contribution in [3.8, 4) is 0 Å². The van der Waals surface area contributed by atoms with Crippen LogP contribution in [-0.4, -0.2) is 31.9 Å². The van der Waals surface area contributed by atoms with Gasteiger partial charge >= 0.3 is 0 Å². The largest absolute Gasteiger partial charge is 0.329 e. The molecule has 1 aromatic carbocycles. The quantitative estimate of drug-likeness (QED) is 0.907. The minimum Gasteiger partial charge on any atom is -0.329 e. The van der Waals surface area contributed by atoms with Crippen LogP contribution in [0.15, 0.2) is 29.2 Å². The maximum absolute atomic E-state index is 12.3. The van der Waals surface area contributed by atoms with E-state index in [1.807, 2.05) is 0 Å². The van der Waals surface area contributed by atoms with Crippen LogP contribution in [0.2, 0.25) is 5.02 Å². The second-order valence-corrected chi connectivity index (χ2v) is 6.43. The highest BCUT2D eigenvalue weighted by atomic mass is 35.5. The molecule has 1 aliphatic heterocycles. The molecule has 0 radical (unpaired) electrons. The van der Waals surface area contributed by atoms with E-state index in [1.165, 1.54) is 16.4 Å². The van der Waals surface area contributed by atoms with Gasteiger partial charge in [-0.25, -0.2) is 8.42 Å². The van der Waals surface area contributed by atoms with Gasteiger partial charge in [-0.15, -0.1) is 0 Å². The van der Waals surface area contributed by atoms with Crippen LogP contribution >= 0.6 is 11.6 Å². The number of hydrogen-bond donors (Lipinski definition) is 1. The van der Waals surface area contributed by atoms with E-state index in [4.69, 9.17) is 17.3 Å². The van der Waals surface area contributed by atoms with E-state index in [-0.39, 0.29) is 10.9 Å². The van der Waals surface area contributed by atoms with Crippen LogP contribution in [0.5, 0.6) is 0 Å². The van der Waals surface area contributed by atoms with Crippen LogP contribution in [-0.2, 0) is 10.0 Å². The lowest BCUT2D eigenvalue weighted by molar-refractivity contribution is 0.393. The number of nitrogens with zero attached hydrogens (tertiary/aromatic N) is 1. The number of rotatable bonds is 3. The number of nitrogens with two attached hydrogens (primary N) is 1. The Morgan fingerprint density at radius 2 is 2.00 bits per heavy atom. The van der Waals surface area contributed by atoms with E-state index in [9.17, 15) is 8.42 Å². The van der Waals surface area contributed by atoms with Crippen molar-refractivity contribution in [1.82, 2.24) is 4.31 Å². The zero-order chi connectivity index (χ0) is 12.5. The van der Waals surface area contributed by atoms with Gasteiger partial charge in [0.25, 0.3) is 0 Å². The lowest BCUT2D eigenvalue weighted by Gasteiger charge is -2.22. The van der Waals surface area contributed by atoms with Crippen molar-refractivity contribution >= 4 is 21.6 Å². The third-order valence-electron chi connectivity index (χ3n) is 3.02. The molecular formula is C11H15ClN2O2S. The topological polar surface area (TPSA) is 63.4 Å². The van der Waals surface area contributed by atoms with Gasteiger partial charge in [0.2, 0.25) is 10.0 Å². The Hall–Kier alpha value is -0.620. The van der Waals surface area contributed by atoms with E-state index in [0.29, 0.717) is 18.1 Å². The first-order valence-electron chi connectivity index (χ1n) is 5.53. The molecule has 1 unspecified atom stereocenters. The second-order valence-electron chi connectivity index (χ2n) is 4.10. The van der Waals surface area contributed by atoms with Crippen molar-refractivity contribution in [2.75, 3.05) is 13.1 Å². The van der Waals surface area contributed by atoms with Gasteiger partial charge in [0.1, 0.15) is 0 Å². The molecule has 0 bridgehead atoms. The predicted molar refractivity (Wildman–Crippen MR) is 67.4 cm³/mol. The predicted octanol–water partition coefficient (Wildman–Crippen LogP) is 1.45. The number of halogens is 1. The average molecular weight is 275 g/mol. The van der Waals surface area contributed by atoms with E-state index in [0.717, 1.165) is 12.8 Å². The summed E-state index contributed by atoms with van der Waals surface area (Å²) in [5.41, 5.74) is 5.60. The highest BCUT2D eigenvalue weighted by Gasteiger charge is 2.34. The standard InChI is InChI=1S/C11H15ClN2O2S/c12-9-3-5-11(6-4-9)17(15,16)14-7-1-2-10(14)8-13/h3-6,10H,1-2,7-8,13H2. The van der Waals surface area contributed by atoms with E-state index < -0.39 is 10.0 Å². The Kier molecular flexibility index (Phi) is 3.73. The highest BCUT2D eigenvalue weighted by Crippen LogP contribution is 2.26. The van der Waals surface area contributed by atoms with Crippen molar-refractivity contribution in [2.24, 2.45) is 5.73 Å². The van der Waals surface area contributed by atoms with Gasteiger partial charge in [-0.3, -0.25) is 0 Å². The zero-order valence-electron chi connectivity index (χ0n) is 9.34. The first kappa shape index (κ1) is 12.8. The fourth-order valence-electron chi connectivity index (χ4n) is 2.10. The monoisotopic (exact) mass is 274 g/mol. The molecule has 94 valence electrons. The Bertz CT molecular complexity index is 487. The molecule has 1 aromatic rings. The van der Waals surface area contributed by atoms with E-state index in [1.54, 1.807) is 12.1 Å². The molecule has 2 N–H and O–H groups in total. The van der Waals surface area contributed by atoms with E-state index >= 15 is 0 Å². The summed E-state index contributed by atoms with van der Waals surface area (Å²) in [5.74, 6) is 0. The molecule has 1 saturated heterocycles. The first-order valence-corrected chi connectivity index (χ1v) is 7.35. The molecular weight excluding hydrogens is 260 g/mol. The van der Waals surface area contributed by atoms with Gasteiger partial charge in [0.05, 0.1) is 4.90 Å². The summed E-state index contributed by atoms with van der Waals surface area (Å²) in [5, 5.41) is 0.528. The van der Waals surface area contributed by atoms with E-state index in [2.05, 4.69) is 0 Å². The molecule has 0 aliphatic carbocycles. The van der Waals surface area contributed by atoms with Gasteiger partial charge < -0.3 is 5.73 Å². The zero-order valence-corrected chi connectivity index (χ0v) is 10.9. The third-order valence-corrected chi connectivity index (χ3v) is 5.23. The molecule has 1 fully saturated rings. The van der Waals surface area contributed by atoms with Gasteiger partial charge in [0, 0.05) is 24.2 Å². The Labute approximate surface area is 106 Å². The highest BCUT2D eigenvalue weighted by molar-refractivity contribution is 7.89. The summed E-state index contributed by atoms with van der Waals surface area (Å²) in [6, 6.07) is 6.16. The lowest BCUT2D eigenvalue weighted by Crippen LogP contribution is -2.39. The molecule has 1 heterocycles. The van der Waals surface area contributed by atoms with Crippen molar-refractivity contribution < 1.29 is 8.42 Å². The summed E-state index contributed by atoms with van der Waals surface area (Å²) in [7, 11) is -3.42. The van der Waals surface area contributed by atoms with Gasteiger partial charge in [-0.1, -0.05) is 11.6 Å². The normalized spacial score (nSPS) is 21.9. The van der Waals surface area contributed by atoms with Crippen LogP contribution in [0.4, 0.5) is 0 Å². The fraction of sp³-hybridized carbons (Fsp3) is 0.455. The van der Waals surface area contributed by atoms with Crippen LogP contribution in [0.3, 0.4) is 0 Å². The van der Waals surface area contributed by atoms with Crippen LogP contribution in [0, 0.1) is 0 Å². The molecule has 4 nitrogen and oxygen atoms in total. The summed E-state index contributed by atoms with van der Waals surface area (Å²) in [4.78, 5) is 0.280. The Balaban J connectivity index is 2.33. The molecule has 1 atom stereocenters. The SMILES string of the molecule is NCC1CCCN1S(=O)(=O)c1ccc(Cl)cc1. The lowest BCUT2D eigenvalue weighted by atomic mass is 10.2. The molecule has 0 spiro atoms. The van der Waals surface area contributed by atoms with Crippen molar-refractivity contribution in [3.63, 3.8) is 0 Å². The number of sulfonamides is 1. The fourth-order valence-corrected chi connectivity index (χ4v) is 3.93. The van der Waals surface area contributed by atoms with Crippen LogP contribution in [0.1, 0.15) is 12.8 Å². The minimum atomic E-state index is -3.42. The smallest absolute Gasteiger partial charge is 0.243 e. The first-order chi connectivity index (χ1) is 8.05. The van der Waals surface area contributed by atoms with Crippen molar-refractivity contribution in [2.45, 2.75) is 23.8 Å². The number of benzene rings is 1. The molecule has 0 amide bonds. The molecule has 2 rings (SSSR count).